The summed E-state index contributed by atoms with van der Waals surface area (Å²) in [6, 6.07) is 9.00. The normalized spacial score (nSPS) is 12.0. The monoisotopic (exact) mass is 365 g/mol. The highest BCUT2D eigenvalue weighted by atomic mass is 35.5. The molecule has 1 atom stereocenters. The number of anilines is 1. The fraction of sp³-hybridized carbons (Fsp3) is 0.111. The zero-order valence-corrected chi connectivity index (χ0v) is 13.9. The van der Waals surface area contributed by atoms with Gasteiger partial charge in [0.25, 0.3) is 5.91 Å². The van der Waals surface area contributed by atoms with Gasteiger partial charge in [0.15, 0.2) is 6.10 Å². The van der Waals surface area contributed by atoms with Crippen LogP contribution >= 0.6 is 11.6 Å². The Balaban J connectivity index is 1.91. The van der Waals surface area contributed by atoms with Crippen LogP contribution in [0.2, 0.25) is 5.02 Å². The van der Waals surface area contributed by atoms with Crippen LogP contribution < -0.4 is 5.32 Å². The number of hydrogen-bond acceptors (Lipinski definition) is 3. The third-order valence-corrected chi connectivity index (χ3v) is 3.45. The summed E-state index contributed by atoms with van der Waals surface area (Å²) in [7, 11) is 0. The van der Waals surface area contributed by atoms with Crippen LogP contribution in [0.3, 0.4) is 0 Å². The molecule has 0 unspecified atom stereocenters. The lowest BCUT2D eigenvalue weighted by Gasteiger charge is -2.13. The fourth-order valence-electron chi connectivity index (χ4n) is 1.83. The highest BCUT2D eigenvalue weighted by Gasteiger charge is 2.17. The van der Waals surface area contributed by atoms with Gasteiger partial charge in [-0.3, -0.25) is 4.79 Å². The molecule has 0 radical (unpaired) electrons. The summed E-state index contributed by atoms with van der Waals surface area (Å²) in [5.41, 5.74) is 0.811. The van der Waals surface area contributed by atoms with Crippen LogP contribution in [-0.2, 0) is 14.3 Å². The molecule has 2 rings (SSSR count). The van der Waals surface area contributed by atoms with Gasteiger partial charge >= 0.3 is 5.97 Å². The molecule has 4 nitrogen and oxygen atoms in total. The maximum atomic E-state index is 13.0. The Kier molecular flexibility index (Phi) is 6.25. The molecule has 2 aromatic rings. The first-order chi connectivity index (χ1) is 11.8. The van der Waals surface area contributed by atoms with E-state index in [1.807, 2.05) is 0 Å². The number of rotatable bonds is 5. The molecule has 0 bridgehead atoms. The van der Waals surface area contributed by atoms with E-state index in [1.165, 1.54) is 43.3 Å². The summed E-state index contributed by atoms with van der Waals surface area (Å²) in [5.74, 6) is -2.27. The Bertz CT molecular complexity index is 806. The molecule has 1 amide bonds. The van der Waals surface area contributed by atoms with Crippen LogP contribution in [0.4, 0.5) is 14.5 Å². The molecule has 25 heavy (non-hydrogen) atoms. The van der Waals surface area contributed by atoms with Crippen molar-refractivity contribution in [3.05, 3.63) is 70.8 Å². The van der Waals surface area contributed by atoms with Gasteiger partial charge in [-0.2, -0.15) is 0 Å². The number of esters is 1. The van der Waals surface area contributed by atoms with Gasteiger partial charge in [0.05, 0.1) is 10.7 Å². The van der Waals surface area contributed by atoms with Crippen molar-refractivity contribution in [1.82, 2.24) is 0 Å². The second-order valence-electron chi connectivity index (χ2n) is 5.08. The molecule has 0 fully saturated rings. The molecule has 7 heteroatoms. The molecule has 2 aromatic carbocycles. The maximum Gasteiger partial charge on any atom is 0.331 e. The minimum atomic E-state index is -1.09. The lowest BCUT2D eigenvalue weighted by atomic mass is 10.2. The average molecular weight is 366 g/mol. The van der Waals surface area contributed by atoms with Crippen molar-refractivity contribution >= 4 is 35.2 Å². The van der Waals surface area contributed by atoms with E-state index in [0.717, 1.165) is 18.2 Å². The summed E-state index contributed by atoms with van der Waals surface area (Å²) in [5, 5.41) is 2.47. The summed E-state index contributed by atoms with van der Waals surface area (Å²) >= 11 is 5.81. The number of carbonyl (C=O) groups is 2. The Morgan fingerprint density at radius 3 is 2.40 bits per heavy atom. The van der Waals surface area contributed by atoms with E-state index >= 15 is 0 Å². The molecule has 0 saturated heterocycles. The van der Waals surface area contributed by atoms with Crippen molar-refractivity contribution in [3.8, 4) is 0 Å². The van der Waals surface area contributed by atoms with E-state index in [4.69, 9.17) is 16.3 Å². The minimum Gasteiger partial charge on any atom is -0.449 e. The average Bonchev–Trinajstić information content (AvgIpc) is 2.56. The Morgan fingerprint density at radius 2 is 1.76 bits per heavy atom. The van der Waals surface area contributed by atoms with Gasteiger partial charge in [-0.15, -0.1) is 0 Å². The van der Waals surface area contributed by atoms with Crippen molar-refractivity contribution in [2.45, 2.75) is 13.0 Å². The summed E-state index contributed by atoms with van der Waals surface area (Å²) in [4.78, 5) is 23.7. The lowest BCUT2D eigenvalue weighted by Crippen LogP contribution is -2.29. The van der Waals surface area contributed by atoms with Gasteiger partial charge in [-0.05, 0) is 48.9 Å². The standard InChI is InChI=1S/C18H14ClF2NO3/c1-11(18(24)22-16-8-7-14(21)10-15(16)19)25-17(23)9-4-12-2-5-13(20)6-3-12/h2-11H,1H3,(H,22,24)/b9-4+/t11-/m1/s1. The third kappa shape index (κ3) is 5.69. The van der Waals surface area contributed by atoms with E-state index in [9.17, 15) is 18.4 Å². The molecule has 0 saturated carbocycles. The van der Waals surface area contributed by atoms with Gasteiger partial charge in [0.1, 0.15) is 11.6 Å². The molecule has 0 spiro atoms. The number of carbonyl (C=O) groups excluding carboxylic acids is 2. The van der Waals surface area contributed by atoms with Crippen molar-refractivity contribution in [1.29, 1.82) is 0 Å². The van der Waals surface area contributed by atoms with Crippen LogP contribution in [0.15, 0.2) is 48.5 Å². The highest BCUT2D eigenvalue weighted by Crippen LogP contribution is 2.22. The first kappa shape index (κ1) is 18.6. The highest BCUT2D eigenvalue weighted by molar-refractivity contribution is 6.33. The van der Waals surface area contributed by atoms with Crippen LogP contribution in [0.5, 0.6) is 0 Å². The third-order valence-electron chi connectivity index (χ3n) is 3.13. The molecule has 0 aliphatic heterocycles. The second kappa shape index (κ2) is 8.39. The van der Waals surface area contributed by atoms with E-state index < -0.39 is 23.8 Å². The number of nitrogens with one attached hydrogen (secondary N) is 1. The molecular formula is C18H14ClF2NO3. The summed E-state index contributed by atoms with van der Waals surface area (Å²) in [6.07, 6.45) is 1.47. The molecular weight excluding hydrogens is 352 g/mol. The predicted molar refractivity (Wildman–Crippen MR) is 91.0 cm³/mol. The zero-order valence-electron chi connectivity index (χ0n) is 13.1. The van der Waals surface area contributed by atoms with Crippen molar-refractivity contribution in [2.75, 3.05) is 5.32 Å². The predicted octanol–water partition coefficient (Wildman–Crippen LogP) is 4.20. The van der Waals surface area contributed by atoms with E-state index in [1.54, 1.807) is 0 Å². The number of hydrogen-bond donors (Lipinski definition) is 1. The SMILES string of the molecule is C[C@@H](OC(=O)/C=C/c1ccc(F)cc1)C(=O)Nc1ccc(F)cc1Cl. The molecule has 1 N–H and O–H groups in total. The quantitative estimate of drug-likeness (QED) is 0.638. The minimum absolute atomic E-state index is 0.0306. The number of ether oxygens (including phenoxy) is 1. The molecule has 0 heterocycles. The van der Waals surface area contributed by atoms with Gasteiger partial charge in [0.2, 0.25) is 0 Å². The molecule has 130 valence electrons. The van der Waals surface area contributed by atoms with E-state index in [2.05, 4.69) is 5.32 Å². The van der Waals surface area contributed by atoms with Crippen molar-refractivity contribution in [2.24, 2.45) is 0 Å². The van der Waals surface area contributed by atoms with Gasteiger partial charge in [-0.25, -0.2) is 13.6 Å². The Hall–Kier alpha value is -2.73. The van der Waals surface area contributed by atoms with E-state index in [-0.39, 0.29) is 16.5 Å². The number of amides is 1. The van der Waals surface area contributed by atoms with Crippen LogP contribution in [0.25, 0.3) is 6.08 Å². The zero-order chi connectivity index (χ0) is 18.4. The molecule has 0 aliphatic carbocycles. The summed E-state index contributed by atoms with van der Waals surface area (Å²) in [6.45, 7) is 1.39. The lowest BCUT2D eigenvalue weighted by molar-refractivity contribution is -0.148. The van der Waals surface area contributed by atoms with E-state index in [0.29, 0.717) is 5.56 Å². The van der Waals surface area contributed by atoms with Crippen LogP contribution in [0, 0.1) is 11.6 Å². The maximum absolute atomic E-state index is 13.0. The van der Waals surface area contributed by atoms with Crippen molar-refractivity contribution < 1.29 is 23.1 Å². The smallest absolute Gasteiger partial charge is 0.331 e. The Labute approximate surface area is 148 Å². The Morgan fingerprint density at radius 1 is 1.12 bits per heavy atom. The van der Waals surface area contributed by atoms with Gasteiger partial charge < -0.3 is 10.1 Å². The second-order valence-corrected chi connectivity index (χ2v) is 5.48. The topological polar surface area (TPSA) is 55.4 Å². The fourth-order valence-corrected chi connectivity index (χ4v) is 2.04. The first-order valence-electron chi connectivity index (χ1n) is 7.25. The van der Waals surface area contributed by atoms with Crippen LogP contribution in [0.1, 0.15) is 12.5 Å². The van der Waals surface area contributed by atoms with Gasteiger partial charge in [-0.1, -0.05) is 23.7 Å². The molecule has 0 aromatic heterocycles. The summed E-state index contributed by atoms with van der Waals surface area (Å²) < 4.78 is 30.7. The first-order valence-corrected chi connectivity index (χ1v) is 7.63. The number of halogens is 3. The number of benzene rings is 2. The van der Waals surface area contributed by atoms with Crippen molar-refractivity contribution in [3.63, 3.8) is 0 Å². The largest absolute Gasteiger partial charge is 0.449 e. The van der Waals surface area contributed by atoms with Crippen LogP contribution in [-0.4, -0.2) is 18.0 Å². The van der Waals surface area contributed by atoms with Gasteiger partial charge in [0, 0.05) is 6.08 Å². The molecule has 0 aliphatic rings.